The topological polar surface area (TPSA) is 128 Å². The summed E-state index contributed by atoms with van der Waals surface area (Å²) in [6.45, 7) is 19.4. The molecule has 6 rings (SSSR count). The molecule has 5 aliphatic rings. The summed E-state index contributed by atoms with van der Waals surface area (Å²) in [5, 5.41) is 17.4. The van der Waals surface area contributed by atoms with Crippen molar-refractivity contribution in [3.8, 4) is 0 Å². The maximum atomic E-state index is 13.9. The van der Waals surface area contributed by atoms with E-state index in [2.05, 4.69) is 58.9 Å². The van der Waals surface area contributed by atoms with Crippen molar-refractivity contribution in [3.63, 3.8) is 0 Å². The number of carbonyl (C=O) groups is 4. The van der Waals surface area contributed by atoms with Crippen LogP contribution in [0, 0.1) is 50.7 Å². The Bertz CT molecular complexity index is 1600. The summed E-state index contributed by atoms with van der Waals surface area (Å²) in [6.07, 6.45) is 9.28. The lowest BCUT2D eigenvalue weighted by atomic mass is 9.33. The summed E-state index contributed by atoms with van der Waals surface area (Å²) in [5.41, 5.74) is 0.479. The number of hydrogen-bond donors (Lipinski definition) is 2. The van der Waals surface area contributed by atoms with E-state index in [9.17, 15) is 24.3 Å². The van der Waals surface area contributed by atoms with Crippen LogP contribution in [0.25, 0.3) is 0 Å². The van der Waals surface area contributed by atoms with Gasteiger partial charge in [-0.15, -0.1) is 0 Å². The van der Waals surface area contributed by atoms with Crippen LogP contribution in [0.3, 0.4) is 0 Å². The normalized spacial score (nSPS) is 38.3. The maximum Gasteiger partial charge on any atom is 0.309 e. The van der Waals surface area contributed by atoms with E-state index in [4.69, 9.17) is 4.74 Å². The van der Waals surface area contributed by atoms with E-state index in [0.717, 1.165) is 56.9 Å². The van der Waals surface area contributed by atoms with Gasteiger partial charge in [-0.3, -0.25) is 23.9 Å². The molecule has 8 atom stereocenters. The number of aliphatic carboxylic acids is 1. The van der Waals surface area contributed by atoms with Crippen molar-refractivity contribution in [2.24, 2.45) is 57.8 Å². The molecule has 49 heavy (non-hydrogen) atoms. The first-order valence-corrected chi connectivity index (χ1v) is 18.7. The van der Waals surface area contributed by atoms with E-state index in [0.29, 0.717) is 24.0 Å². The van der Waals surface area contributed by atoms with E-state index in [-0.39, 0.29) is 57.7 Å². The Morgan fingerprint density at radius 2 is 1.69 bits per heavy atom. The van der Waals surface area contributed by atoms with Gasteiger partial charge in [0.15, 0.2) is 5.78 Å². The van der Waals surface area contributed by atoms with Crippen molar-refractivity contribution >= 4 is 23.6 Å². The average Bonchev–Trinajstić information content (AvgIpc) is 3.55. The lowest BCUT2D eigenvalue weighted by Gasteiger charge is -2.72. The minimum atomic E-state index is -1.17. The van der Waals surface area contributed by atoms with Crippen LogP contribution in [0.15, 0.2) is 23.4 Å². The Labute approximate surface area is 292 Å². The molecule has 0 spiro atoms. The molecule has 4 saturated carbocycles. The summed E-state index contributed by atoms with van der Waals surface area (Å²) >= 11 is 0. The van der Waals surface area contributed by atoms with Crippen molar-refractivity contribution in [3.05, 3.63) is 29.1 Å². The van der Waals surface area contributed by atoms with Gasteiger partial charge in [0.25, 0.3) is 5.91 Å². The fourth-order valence-corrected chi connectivity index (χ4v) is 12.4. The largest absolute Gasteiger partial charge is 0.481 e. The highest BCUT2D eigenvalue weighted by molar-refractivity contribution is 6.03. The number of ether oxygens (including phenoxy) is 1. The van der Waals surface area contributed by atoms with Crippen LogP contribution in [-0.2, 0) is 26.2 Å². The molecule has 9 heteroatoms. The van der Waals surface area contributed by atoms with Gasteiger partial charge >= 0.3 is 11.9 Å². The molecule has 0 aliphatic heterocycles. The molecular weight excluding hydrogens is 618 g/mol. The Morgan fingerprint density at radius 3 is 2.31 bits per heavy atom. The molecule has 0 radical (unpaired) electrons. The molecule has 2 N–H and O–H groups in total. The summed E-state index contributed by atoms with van der Waals surface area (Å²) in [5.74, 6) is -0.337. The van der Waals surface area contributed by atoms with E-state index < -0.39 is 22.9 Å². The highest BCUT2D eigenvalue weighted by atomic mass is 16.5. The molecule has 5 aliphatic carbocycles. The molecule has 270 valence electrons. The van der Waals surface area contributed by atoms with Gasteiger partial charge in [-0.1, -0.05) is 48.5 Å². The average molecular weight is 678 g/mol. The third kappa shape index (κ3) is 5.25. The van der Waals surface area contributed by atoms with Crippen molar-refractivity contribution in [1.82, 2.24) is 15.1 Å². The number of fused-ring (bicyclic) bond motifs is 7. The van der Waals surface area contributed by atoms with Gasteiger partial charge in [0.1, 0.15) is 11.8 Å². The zero-order valence-electron chi connectivity index (χ0n) is 31.5. The highest BCUT2D eigenvalue weighted by Gasteiger charge is 2.70. The number of esters is 1. The first kappa shape index (κ1) is 35.8. The van der Waals surface area contributed by atoms with Gasteiger partial charge in [-0.05, 0) is 122 Å². The molecule has 1 heterocycles. The number of ketones is 1. The number of carbonyl (C=O) groups excluding carboxylic acids is 3. The number of aromatic nitrogens is 2. The molecule has 9 nitrogen and oxygen atoms in total. The number of nitrogens with one attached hydrogen (secondary N) is 1. The molecule has 1 amide bonds. The number of Topliss-reactive ketones (excluding diaryl/α,β-unsaturated/α-hetero) is 1. The van der Waals surface area contributed by atoms with Crippen LogP contribution in [0.2, 0.25) is 0 Å². The number of hydrogen-bond acceptors (Lipinski definition) is 6. The summed E-state index contributed by atoms with van der Waals surface area (Å²) in [7, 11) is 1.81. The Balaban J connectivity index is 1.30. The minimum Gasteiger partial charge on any atom is -0.481 e. The first-order valence-electron chi connectivity index (χ1n) is 18.7. The van der Waals surface area contributed by atoms with Gasteiger partial charge in [0.05, 0.1) is 17.4 Å². The zero-order valence-corrected chi connectivity index (χ0v) is 31.5. The van der Waals surface area contributed by atoms with Gasteiger partial charge < -0.3 is 15.2 Å². The molecule has 0 bridgehead atoms. The quantitative estimate of drug-likeness (QED) is 0.290. The second-order valence-corrected chi connectivity index (χ2v) is 18.8. The molecular formula is C40H59N3O6. The summed E-state index contributed by atoms with van der Waals surface area (Å²) in [6, 6.07) is 1.74. The SMILES string of the molecule is CC(C)C1=C2[C@H]3CC[C@@H]4[C@@]5(C)CC[C@H](OC(=O)CC(C)(C)C(=O)O)C(C)(C)[C@@H]5CC[C@@]4(C)[C@]3(C)CC[C@@]2(NC(=O)c2ccn(C)n2)CC1=O. The number of rotatable bonds is 7. The smallest absolute Gasteiger partial charge is 0.309 e. The van der Waals surface area contributed by atoms with E-state index in [1.54, 1.807) is 37.8 Å². The fourth-order valence-electron chi connectivity index (χ4n) is 12.4. The third-order valence-electron chi connectivity index (χ3n) is 15.1. The van der Waals surface area contributed by atoms with E-state index in [1.807, 2.05) is 0 Å². The molecule has 4 fully saturated rings. The van der Waals surface area contributed by atoms with Crippen molar-refractivity contribution in [1.29, 1.82) is 0 Å². The monoisotopic (exact) mass is 677 g/mol. The number of nitrogens with zero attached hydrogens (tertiary/aromatic N) is 2. The predicted molar refractivity (Wildman–Crippen MR) is 186 cm³/mol. The fraction of sp³-hybridized carbons (Fsp3) is 0.775. The third-order valence-corrected chi connectivity index (χ3v) is 15.1. The number of amides is 1. The van der Waals surface area contributed by atoms with Crippen molar-refractivity contribution in [2.75, 3.05) is 0 Å². The number of carboxylic acids is 1. The molecule has 0 saturated heterocycles. The second-order valence-electron chi connectivity index (χ2n) is 18.8. The van der Waals surface area contributed by atoms with Gasteiger partial charge in [0, 0.05) is 25.1 Å². The molecule has 0 aromatic carbocycles. The predicted octanol–water partition coefficient (Wildman–Crippen LogP) is 7.30. The van der Waals surface area contributed by atoms with Gasteiger partial charge in [-0.25, -0.2) is 0 Å². The van der Waals surface area contributed by atoms with Crippen molar-refractivity contribution < 1.29 is 29.0 Å². The van der Waals surface area contributed by atoms with E-state index in [1.165, 1.54) is 5.57 Å². The standard InChI is InChI=1S/C40H59N3O6/c1-23(2)31-26(44)21-40(41-33(46)25-15-20-43(10)42-25)19-18-38(8)24(32(31)40)11-12-28-37(7)16-14-29(49-30(45)22-35(3,4)34(47)48)36(5,6)27(37)13-17-39(28,38)9/h15,20,23-24,27-29H,11-14,16-19,21-22H2,1-10H3,(H,41,46)(H,47,48)/t24-,27+,28-,29+,37+,38-,39-,40-/m1/s1. The summed E-state index contributed by atoms with van der Waals surface area (Å²) in [4.78, 5) is 52.3. The van der Waals surface area contributed by atoms with Crippen molar-refractivity contribution in [2.45, 2.75) is 138 Å². The van der Waals surface area contributed by atoms with Gasteiger partial charge in [-0.2, -0.15) is 5.10 Å². The molecule has 1 aromatic rings. The van der Waals surface area contributed by atoms with Gasteiger partial charge in [0.2, 0.25) is 0 Å². The van der Waals surface area contributed by atoms with Crippen LogP contribution in [0.5, 0.6) is 0 Å². The Hall–Kier alpha value is -2.97. The number of aryl methyl sites for hydroxylation is 1. The van der Waals surface area contributed by atoms with Crippen LogP contribution in [0.4, 0.5) is 0 Å². The van der Waals surface area contributed by atoms with Crippen LogP contribution in [-0.4, -0.2) is 50.2 Å². The van der Waals surface area contributed by atoms with Crippen LogP contribution >= 0.6 is 0 Å². The van der Waals surface area contributed by atoms with Crippen LogP contribution in [0.1, 0.15) is 137 Å². The number of carboxylic acid groups (broad SMARTS) is 1. The summed E-state index contributed by atoms with van der Waals surface area (Å²) < 4.78 is 7.78. The minimum absolute atomic E-state index is 0.0319. The molecule has 0 unspecified atom stereocenters. The Morgan fingerprint density at radius 1 is 1.00 bits per heavy atom. The number of allylic oxidation sites excluding steroid dienone is 1. The molecule has 1 aromatic heterocycles. The maximum absolute atomic E-state index is 13.9. The van der Waals surface area contributed by atoms with E-state index >= 15 is 0 Å². The lowest BCUT2D eigenvalue weighted by Crippen LogP contribution is -2.67. The Kier molecular flexibility index (Phi) is 8.43. The lowest BCUT2D eigenvalue weighted by molar-refractivity contribution is -0.232. The van der Waals surface area contributed by atoms with Crippen LogP contribution < -0.4 is 5.32 Å². The highest BCUT2D eigenvalue weighted by Crippen LogP contribution is 2.76. The first-order chi connectivity index (χ1) is 22.6. The zero-order chi connectivity index (χ0) is 36.1. The second kappa shape index (κ2) is 11.5.